The maximum atomic E-state index is 12.6. The average Bonchev–Trinajstić information content (AvgIpc) is 2.38. The topological polar surface area (TPSA) is 40.9 Å². The fourth-order valence-corrected chi connectivity index (χ4v) is 3.24. The van der Waals surface area contributed by atoms with E-state index in [1.165, 1.54) is 0 Å². The largest absolute Gasteiger partial charge is 0.297 e. The zero-order chi connectivity index (χ0) is 14.1. The Morgan fingerprint density at radius 2 is 1.89 bits per heavy atom. The van der Waals surface area contributed by atoms with Crippen LogP contribution in [0.1, 0.15) is 38.7 Å². The van der Waals surface area contributed by atoms with Gasteiger partial charge in [-0.3, -0.25) is 4.79 Å². The summed E-state index contributed by atoms with van der Waals surface area (Å²) in [5.74, 6) is 0.108. The van der Waals surface area contributed by atoms with E-state index in [4.69, 9.17) is 0 Å². The van der Waals surface area contributed by atoms with Gasteiger partial charge < -0.3 is 0 Å². The molecule has 0 bridgehead atoms. The number of rotatable bonds is 2. The van der Waals surface area contributed by atoms with Gasteiger partial charge in [0, 0.05) is 9.89 Å². The number of hydrogen-bond acceptors (Lipinski definition) is 2. The summed E-state index contributed by atoms with van der Waals surface area (Å²) in [5, 5.41) is 9.58. The highest BCUT2D eigenvalue weighted by molar-refractivity contribution is 9.10. The van der Waals surface area contributed by atoms with Crippen molar-refractivity contribution < 1.29 is 4.79 Å². The number of hydrogen-bond donors (Lipinski definition) is 0. The van der Waals surface area contributed by atoms with Crippen molar-refractivity contribution in [3.8, 4) is 6.07 Å². The van der Waals surface area contributed by atoms with Crippen LogP contribution in [0.25, 0.3) is 0 Å². The second-order valence-corrected chi connectivity index (χ2v) is 6.98. The Morgan fingerprint density at radius 1 is 1.26 bits per heavy atom. The predicted molar refractivity (Wildman–Crippen MR) is 78.5 cm³/mol. The highest BCUT2D eigenvalue weighted by Crippen LogP contribution is 2.44. The van der Waals surface area contributed by atoms with Gasteiger partial charge in [-0.1, -0.05) is 48.3 Å². The molecule has 1 atom stereocenters. The van der Waals surface area contributed by atoms with E-state index in [9.17, 15) is 10.1 Å². The van der Waals surface area contributed by atoms with Gasteiger partial charge in [-0.25, -0.2) is 0 Å². The van der Waals surface area contributed by atoms with Gasteiger partial charge >= 0.3 is 0 Å². The van der Waals surface area contributed by atoms with Crippen molar-refractivity contribution in [2.24, 2.45) is 10.8 Å². The highest BCUT2D eigenvalue weighted by atomic mass is 79.9. The quantitative estimate of drug-likeness (QED) is 0.816. The zero-order valence-electron chi connectivity index (χ0n) is 11.4. The Labute approximate surface area is 122 Å². The first-order chi connectivity index (χ1) is 8.89. The molecule has 1 saturated carbocycles. The normalized spacial score (nSPS) is 25.9. The molecule has 3 heteroatoms. The molecule has 2 nitrogen and oxygen atoms in total. The molecule has 0 spiro atoms. The second kappa shape index (κ2) is 5.09. The van der Waals surface area contributed by atoms with E-state index in [-0.39, 0.29) is 11.2 Å². The summed E-state index contributed by atoms with van der Waals surface area (Å²) in [6.07, 6.45) is 3.04. The number of carbonyl (C=O) groups is 1. The number of benzene rings is 1. The summed E-state index contributed by atoms with van der Waals surface area (Å²) in [5.41, 5.74) is -0.158. The number of carbonyl (C=O) groups excluding carboxylic acids is 1. The van der Waals surface area contributed by atoms with Crippen molar-refractivity contribution in [1.29, 1.82) is 5.26 Å². The smallest absolute Gasteiger partial charge is 0.158 e. The lowest BCUT2D eigenvalue weighted by Crippen LogP contribution is -2.45. The molecule has 19 heavy (non-hydrogen) atoms. The molecule has 0 amide bonds. The van der Waals surface area contributed by atoms with Crippen LogP contribution in [0.15, 0.2) is 28.7 Å². The SMILES string of the molecule is CC1(C)CCCC(C#N)(Cc2ccc(Br)cc2)C1=O. The Balaban J connectivity index is 2.31. The average molecular weight is 320 g/mol. The molecule has 1 unspecified atom stereocenters. The van der Waals surface area contributed by atoms with Crippen LogP contribution in [-0.4, -0.2) is 5.78 Å². The lowest BCUT2D eigenvalue weighted by Gasteiger charge is -2.39. The number of Topliss-reactive ketones (excluding diaryl/α,β-unsaturated/α-hetero) is 1. The van der Waals surface area contributed by atoms with Crippen molar-refractivity contribution in [2.75, 3.05) is 0 Å². The van der Waals surface area contributed by atoms with E-state index in [1.807, 2.05) is 38.1 Å². The molecule has 0 heterocycles. The number of halogens is 1. The summed E-state index contributed by atoms with van der Waals surface area (Å²) >= 11 is 3.40. The van der Waals surface area contributed by atoms with Gasteiger partial charge in [0.05, 0.1) is 6.07 Å². The van der Waals surface area contributed by atoms with E-state index in [1.54, 1.807) is 0 Å². The van der Waals surface area contributed by atoms with Crippen LogP contribution in [0.5, 0.6) is 0 Å². The van der Waals surface area contributed by atoms with E-state index in [2.05, 4.69) is 22.0 Å². The molecule has 1 aromatic carbocycles. The zero-order valence-corrected chi connectivity index (χ0v) is 13.0. The molecule has 100 valence electrons. The minimum absolute atomic E-state index is 0.108. The number of nitriles is 1. The van der Waals surface area contributed by atoms with Crippen molar-refractivity contribution in [2.45, 2.75) is 39.5 Å². The lowest BCUT2D eigenvalue weighted by molar-refractivity contribution is -0.138. The molecular weight excluding hydrogens is 302 g/mol. The van der Waals surface area contributed by atoms with E-state index in [0.29, 0.717) is 12.8 Å². The van der Waals surface area contributed by atoms with Gasteiger partial charge in [0.25, 0.3) is 0 Å². The number of ketones is 1. The van der Waals surface area contributed by atoms with Crippen LogP contribution in [0.2, 0.25) is 0 Å². The van der Waals surface area contributed by atoms with Gasteiger partial charge in [-0.05, 0) is 37.0 Å². The highest BCUT2D eigenvalue weighted by Gasteiger charge is 2.48. The van der Waals surface area contributed by atoms with Gasteiger partial charge in [0.15, 0.2) is 5.78 Å². The molecule has 0 radical (unpaired) electrons. The summed E-state index contributed by atoms with van der Waals surface area (Å²) in [7, 11) is 0. The van der Waals surface area contributed by atoms with Gasteiger partial charge in [0.2, 0.25) is 0 Å². The van der Waals surface area contributed by atoms with Crippen LogP contribution < -0.4 is 0 Å². The Hall–Kier alpha value is -1.14. The van der Waals surface area contributed by atoms with Gasteiger partial charge in [0.1, 0.15) is 5.41 Å². The minimum atomic E-state index is -0.838. The monoisotopic (exact) mass is 319 g/mol. The molecule has 1 aliphatic rings. The summed E-state index contributed by atoms with van der Waals surface area (Å²) in [4.78, 5) is 12.6. The minimum Gasteiger partial charge on any atom is -0.297 e. The maximum Gasteiger partial charge on any atom is 0.158 e. The molecule has 1 aliphatic carbocycles. The first kappa shape index (κ1) is 14.3. The van der Waals surface area contributed by atoms with Gasteiger partial charge in [-0.2, -0.15) is 5.26 Å². The van der Waals surface area contributed by atoms with Crippen LogP contribution in [0.3, 0.4) is 0 Å². The van der Waals surface area contributed by atoms with Crippen LogP contribution in [0.4, 0.5) is 0 Å². The van der Waals surface area contributed by atoms with Crippen molar-refractivity contribution >= 4 is 21.7 Å². The van der Waals surface area contributed by atoms with Crippen molar-refractivity contribution in [1.82, 2.24) is 0 Å². The Kier molecular flexibility index (Phi) is 3.82. The maximum absolute atomic E-state index is 12.6. The first-order valence-electron chi connectivity index (χ1n) is 6.60. The van der Waals surface area contributed by atoms with Crippen LogP contribution >= 0.6 is 15.9 Å². The molecular formula is C16H18BrNO. The third-order valence-electron chi connectivity index (χ3n) is 4.09. The molecule has 1 aromatic rings. The summed E-state index contributed by atoms with van der Waals surface area (Å²) in [6, 6.07) is 10.2. The summed E-state index contributed by atoms with van der Waals surface area (Å²) in [6.45, 7) is 3.92. The summed E-state index contributed by atoms with van der Waals surface area (Å²) < 4.78 is 1.01. The molecule has 0 aromatic heterocycles. The van der Waals surface area contributed by atoms with Crippen LogP contribution in [0, 0.1) is 22.2 Å². The fraction of sp³-hybridized carbons (Fsp3) is 0.500. The molecule has 0 N–H and O–H groups in total. The Morgan fingerprint density at radius 3 is 2.47 bits per heavy atom. The fourth-order valence-electron chi connectivity index (χ4n) is 2.97. The van der Waals surface area contributed by atoms with E-state index >= 15 is 0 Å². The molecule has 0 saturated heterocycles. The van der Waals surface area contributed by atoms with Crippen molar-refractivity contribution in [3.63, 3.8) is 0 Å². The van der Waals surface area contributed by atoms with E-state index in [0.717, 1.165) is 22.9 Å². The Bertz CT molecular complexity index is 527. The molecule has 2 rings (SSSR count). The predicted octanol–water partition coefficient (Wildman–Crippen LogP) is 4.28. The van der Waals surface area contributed by atoms with Crippen LogP contribution in [-0.2, 0) is 11.2 Å². The molecule has 0 aliphatic heterocycles. The second-order valence-electron chi connectivity index (χ2n) is 6.06. The third-order valence-corrected chi connectivity index (χ3v) is 4.62. The first-order valence-corrected chi connectivity index (χ1v) is 7.40. The lowest BCUT2D eigenvalue weighted by atomic mass is 9.61. The molecule has 1 fully saturated rings. The van der Waals surface area contributed by atoms with Gasteiger partial charge in [-0.15, -0.1) is 0 Å². The third kappa shape index (κ3) is 2.74. The standard InChI is InChI=1S/C16H18BrNO/c1-15(2)8-3-9-16(11-18,14(15)19)10-12-4-6-13(17)7-5-12/h4-7H,3,8-10H2,1-2H3. The van der Waals surface area contributed by atoms with Crippen molar-refractivity contribution in [3.05, 3.63) is 34.3 Å². The number of nitrogens with zero attached hydrogens (tertiary/aromatic N) is 1. The van der Waals surface area contributed by atoms with E-state index < -0.39 is 5.41 Å².